The maximum Gasteiger partial charge on any atom is 0.257 e. The van der Waals surface area contributed by atoms with Gasteiger partial charge in [0.2, 0.25) is 7.98 Å². The molecule has 4 nitrogen and oxygen atoms in total. The summed E-state index contributed by atoms with van der Waals surface area (Å²) in [7, 11) is 4.84. The highest BCUT2D eigenvalue weighted by atomic mass is 16.1. The molecule has 12 heavy (non-hydrogen) atoms. The van der Waals surface area contributed by atoms with Gasteiger partial charge in [0.25, 0.3) is 5.91 Å². The van der Waals surface area contributed by atoms with Crippen LogP contribution in [0.25, 0.3) is 0 Å². The number of aromatic nitrogens is 2. The van der Waals surface area contributed by atoms with Gasteiger partial charge in [-0.1, -0.05) is 13.8 Å². The number of nitrogens with one attached hydrogen (secondary N) is 1. The van der Waals surface area contributed by atoms with Crippen molar-refractivity contribution in [3.8, 4) is 0 Å². The van der Waals surface area contributed by atoms with E-state index in [2.05, 4.69) is 9.97 Å². The Labute approximate surface area is 72.9 Å². The molecular formula is C7H10BN3O. The molecule has 0 aliphatic carbocycles. The number of amides is 1. The topological polar surface area (TPSA) is 54.9 Å². The van der Waals surface area contributed by atoms with E-state index in [0.717, 1.165) is 0 Å². The number of carbonyl (C=O) groups excluding carboxylic acids is 1. The SMILES string of the molecule is CC.[B]NC(=O)c1ccncn1. The van der Waals surface area contributed by atoms with Crippen molar-refractivity contribution in [3.05, 3.63) is 24.3 Å². The molecule has 2 radical (unpaired) electrons. The van der Waals surface area contributed by atoms with Crippen LogP contribution in [0, 0.1) is 0 Å². The van der Waals surface area contributed by atoms with E-state index in [4.69, 9.17) is 7.98 Å². The zero-order valence-corrected chi connectivity index (χ0v) is 7.11. The predicted octanol–water partition coefficient (Wildman–Crippen LogP) is 0.316. The van der Waals surface area contributed by atoms with Gasteiger partial charge >= 0.3 is 0 Å². The molecule has 0 unspecified atom stereocenters. The van der Waals surface area contributed by atoms with Gasteiger partial charge in [0.1, 0.15) is 12.0 Å². The molecule has 1 aromatic rings. The van der Waals surface area contributed by atoms with Crippen LogP contribution in [0.5, 0.6) is 0 Å². The van der Waals surface area contributed by atoms with Gasteiger partial charge in [0, 0.05) is 6.20 Å². The third kappa shape index (κ3) is 3.14. The molecule has 0 fully saturated rings. The molecular weight excluding hydrogens is 153 g/mol. The molecule has 1 aromatic heterocycles. The third-order valence-electron chi connectivity index (χ3n) is 0.946. The van der Waals surface area contributed by atoms with E-state index in [1.54, 1.807) is 0 Å². The molecule has 0 aliphatic rings. The van der Waals surface area contributed by atoms with E-state index in [0.29, 0.717) is 0 Å². The van der Waals surface area contributed by atoms with Gasteiger partial charge in [-0.15, -0.1) is 0 Å². The quantitative estimate of drug-likeness (QED) is 0.606. The normalized spacial score (nSPS) is 7.83. The van der Waals surface area contributed by atoms with Crippen LogP contribution in [0.2, 0.25) is 0 Å². The molecule has 0 atom stereocenters. The minimum Gasteiger partial charge on any atom is -0.404 e. The molecule has 1 rings (SSSR count). The Morgan fingerprint density at radius 3 is 2.67 bits per heavy atom. The molecule has 0 saturated heterocycles. The largest absolute Gasteiger partial charge is 0.404 e. The van der Waals surface area contributed by atoms with Crippen molar-refractivity contribution in [3.63, 3.8) is 0 Å². The van der Waals surface area contributed by atoms with Crippen LogP contribution in [0.1, 0.15) is 24.3 Å². The summed E-state index contributed by atoms with van der Waals surface area (Å²) in [6.45, 7) is 4.00. The minimum absolute atomic E-state index is 0.262. The lowest BCUT2D eigenvalue weighted by molar-refractivity contribution is 0.0976. The lowest BCUT2D eigenvalue weighted by atomic mass is 10.3. The summed E-state index contributed by atoms with van der Waals surface area (Å²) in [5, 5.41) is 1.95. The summed E-state index contributed by atoms with van der Waals surface area (Å²) in [5.74, 6) is -0.414. The maximum atomic E-state index is 10.7. The zero-order valence-electron chi connectivity index (χ0n) is 7.11. The van der Waals surface area contributed by atoms with E-state index < -0.39 is 5.91 Å². The Hall–Kier alpha value is -1.39. The fourth-order valence-corrected chi connectivity index (χ4v) is 0.499. The zero-order chi connectivity index (χ0) is 9.40. The molecule has 0 saturated carbocycles. The molecule has 1 N–H and O–H groups in total. The summed E-state index contributed by atoms with van der Waals surface area (Å²) < 4.78 is 0. The van der Waals surface area contributed by atoms with Crippen LogP contribution in [-0.2, 0) is 0 Å². The Balaban J connectivity index is 0.000000561. The highest BCUT2D eigenvalue weighted by molar-refractivity contribution is 6.17. The van der Waals surface area contributed by atoms with E-state index in [1.807, 2.05) is 19.1 Å². The minimum atomic E-state index is -0.414. The van der Waals surface area contributed by atoms with Gasteiger partial charge in [-0.05, 0) is 6.07 Å². The van der Waals surface area contributed by atoms with Gasteiger partial charge in [0.05, 0.1) is 0 Å². The van der Waals surface area contributed by atoms with Crippen molar-refractivity contribution < 1.29 is 4.79 Å². The Bertz CT molecular complexity index is 227. The lowest BCUT2D eigenvalue weighted by Crippen LogP contribution is -2.20. The van der Waals surface area contributed by atoms with Crippen molar-refractivity contribution in [2.45, 2.75) is 13.8 Å². The average Bonchev–Trinajstić information content (AvgIpc) is 2.21. The molecule has 0 bridgehead atoms. The van der Waals surface area contributed by atoms with Gasteiger partial charge < -0.3 is 5.23 Å². The molecule has 62 valence electrons. The molecule has 1 heterocycles. The fourth-order valence-electron chi connectivity index (χ4n) is 0.499. The Morgan fingerprint density at radius 1 is 1.58 bits per heavy atom. The molecule has 1 amide bonds. The summed E-state index contributed by atoms with van der Waals surface area (Å²) >= 11 is 0. The molecule has 0 aromatic carbocycles. The smallest absolute Gasteiger partial charge is 0.257 e. The highest BCUT2D eigenvalue weighted by Gasteiger charge is 2.00. The Morgan fingerprint density at radius 2 is 2.25 bits per heavy atom. The van der Waals surface area contributed by atoms with Gasteiger partial charge in [-0.3, -0.25) is 4.79 Å². The van der Waals surface area contributed by atoms with Crippen molar-refractivity contribution >= 4 is 13.9 Å². The number of hydrogen-bond donors (Lipinski definition) is 1. The summed E-state index contributed by atoms with van der Waals surface area (Å²) in [6.07, 6.45) is 2.75. The fraction of sp³-hybridized carbons (Fsp3) is 0.286. The number of carbonyl (C=O) groups is 1. The third-order valence-corrected chi connectivity index (χ3v) is 0.946. The van der Waals surface area contributed by atoms with E-state index in [-0.39, 0.29) is 5.69 Å². The first kappa shape index (κ1) is 10.6. The van der Waals surface area contributed by atoms with Crippen LogP contribution in [0.4, 0.5) is 0 Å². The van der Waals surface area contributed by atoms with Crippen molar-refractivity contribution in [1.82, 2.24) is 15.2 Å². The van der Waals surface area contributed by atoms with Gasteiger partial charge in [-0.2, -0.15) is 0 Å². The van der Waals surface area contributed by atoms with E-state index >= 15 is 0 Å². The van der Waals surface area contributed by atoms with Crippen molar-refractivity contribution in [2.75, 3.05) is 0 Å². The average molecular weight is 163 g/mol. The molecule has 5 heteroatoms. The van der Waals surface area contributed by atoms with Crippen LogP contribution < -0.4 is 5.23 Å². The number of rotatable bonds is 1. The van der Waals surface area contributed by atoms with Crippen LogP contribution in [0.15, 0.2) is 18.6 Å². The Kier molecular flexibility index (Phi) is 5.60. The second-order valence-electron chi connectivity index (χ2n) is 1.57. The first-order valence-corrected chi connectivity index (χ1v) is 3.61. The highest BCUT2D eigenvalue weighted by Crippen LogP contribution is 1.87. The second kappa shape index (κ2) is 6.33. The van der Waals surface area contributed by atoms with Gasteiger partial charge in [0.15, 0.2) is 0 Å². The van der Waals surface area contributed by atoms with Crippen molar-refractivity contribution in [2.24, 2.45) is 0 Å². The van der Waals surface area contributed by atoms with Crippen LogP contribution in [-0.4, -0.2) is 23.9 Å². The summed E-state index contributed by atoms with van der Waals surface area (Å²) in [4.78, 5) is 18.0. The lowest BCUT2D eigenvalue weighted by Gasteiger charge is -1.94. The van der Waals surface area contributed by atoms with Crippen molar-refractivity contribution in [1.29, 1.82) is 0 Å². The monoisotopic (exact) mass is 163 g/mol. The second-order valence-corrected chi connectivity index (χ2v) is 1.57. The first-order chi connectivity index (χ1) is 5.84. The standard InChI is InChI=1S/C5H4BN3O.C2H6/c6-9-5(10)4-1-2-7-3-8-4;1-2/h1-3H,(H,9,10);1-2H3. The van der Waals surface area contributed by atoms with Crippen LogP contribution in [0.3, 0.4) is 0 Å². The molecule has 0 aliphatic heterocycles. The first-order valence-electron chi connectivity index (χ1n) is 3.61. The predicted molar refractivity (Wildman–Crippen MR) is 46.6 cm³/mol. The number of nitrogens with zero attached hydrogens (tertiary/aromatic N) is 2. The van der Waals surface area contributed by atoms with Gasteiger partial charge in [-0.25, -0.2) is 9.97 Å². The molecule has 0 spiro atoms. The maximum absolute atomic E-state index is 10.7. The van der Waals surface area contributed by atoms with Crippen LogP contribution >= 0.6 is 0 Å². The summed E-state index contributed by atoms with van der Waals surface area (Å²) in [6, 6.07) is 1.47. The van der Waals surface area contributed by atoms with E-state index in [1.165, 1.54) is 18.6 Å². The number of hydrogen-bond acceptors (Lipinski definition) is 3. The summed E-state index contributed by atoms with van der Waals surface area (Å²) in [5.41, 5.74) is 0.262. The van der Waals surface area contributed by atoms with E-state index in [9.17, 15) is 4.79 Å².